The van der Waals surface area contributed by atoms with E-state index in [1.54, 1.807) is 0 Å². The number of aliphatic carboxylic acids is 1. The van der Waals surface area contributed by atoms with Crippen LogP contribution in [0.15, 0.2) is 0 Å². The number of unbranched alkanes of at least 4 members (excludes halogenated alkanes) is 2. The van der Waals surface area contributed by atoms with Crippen LogP contribution in [0.4, 0.5) is 0 Å². The summed E-state index contributed by atoms with van der Waals surface area (Å²) in [6.07, 6.45) is -16.0. The zero-order valence-corrected chi connectivity index (χ0v) is 33.6. The summed E-state index contributed by atoms with van der Waals surface area (Å²) in [7, 11) is 0. The minimum absolute atomic E-state index is 0.00201. The number of carboxylic acids is 1. The Kier molecular flexibility index (Phi) is 22.0. The minimum Gasteiger partial charge on any atom is -0.480 e. The van der Waals surface area contributed by atoms with Crippen molar-refractivity contribution in [3.8, 4) is 0 Å². The molecule has 22 heteroatoms. The second-order valence-electron chi connectivity index (χ2n) is 15.4. The molecule has 2 amide bonds. The molecule has 22 nitrogen and oxygen atoms in total. The minimum atomic E-state index is -1.69. The normalized spacial score (nSPS) is 33.1. The molecule has 10 N–H and O–H groups in total. The van der Waals surface area contributed by atoms with Crippen LogP contribution in [-0.4, -0.2) is 206 Å². The molecule has 3 aliphatic rings. The Balaban J connectivity index is 1.46. The van der Waals surface area contributed by atoms with Crippen LogP contribution in [0.5, 0.6) is 0 Å². The van der Waals surface area contributed by atoms with E-state index in [1.807, 2.05) is 0 Å². The van der Waals surface area contributed by atoms with Crippen LogP contribution in [0.3, 0.4) is 0 Å². The van der Waals surface area contributed by atoms with Gasteiger partial charge in [0.25, 0.3) is 0 Å². The summed E-state index contributed by atoms with van der Waals surface area (Å²) in [5, 5.41) is 94.4. The van der Waals surface area contributed by atoms with Crippen LogP contribution in [-0.2, 0) is 52.5 Å². The third-order valence-corrected chi connectivity index (χ3v) is 10.8. The van der Waals surface area contributed by atoms with Crippen molar-refractivity contribution in [3.05, 3.63) is 0 Å². The molecule has 0 spiro atoms. The zero-order chi connectivity index (χ0) is 44.5. The molecule has 344 valence electrons. The molecule has 60 heavy (non-hydrogen) atoms. The van der Waals surface area contributed by atoms with Gasteiger partial charge in [0.2, 0.25) is 11.8 Å². The number of aliphatic hydroxyl groups excluding tert-OH is 8. The van der Waals surface area contributed by atoms with E-state index in [-0.39, 0.29) is 63.9 Å². The summed E-state index contributed by atoms with van der Waals surface area (Å²) >= 11 is 0. The van der Waals surface area contributed by atoms with Crippen LogP contribution in [0.1, 0.15) is 77.6 Å². The first kappa shape index (κ1) is 51.3. The average molecular weight is 867 g/mol. The molecule has 3 rings (SSSR count). The summed E-state index contributed by atoms with van der Waals surface area (Å²) in [5.41, 5.74) is 0. The Morgan fingerprint density at radius 2 is 1.43 bits per heavy atom. The second kappa shape index (κ2) is 25.7. The topological polar surface area (TPSA) is 346 Å². The van der Waals surface area contributed by atoms with Crippen molar-refractivity contribution in [3.63, 3.8) is 0 Å². The van der Waals surface area contributed by atoms with E-state index < -0.39 is 136 Å². The number of Topliss-reactive ketones (excluding diaryl/α,β-unsaturated/α-hetero) is 2. The van der Waals surface area contributed by atoms with E-state index >= 15 is 0 Å². The molecule has 5 unspecified atom stereocenters. The lowest BCUT2D eigenvalue weighted by Gasteiger charge is -2.48. The third kappa shape index (κ3) is 15.7. The number of ketones is 2. The van der Waals surface area contributed by atoms with Gasteiger partial charge in [0, 0.05) is 57.7 Å². The van der Waals surface area contributed by atoms with Gasteiger partial charge >= 0.3 is 5.97 Å². The first-order valence-corrected chi connectivity index (χ1v) is 20.3. The Morgan fingerprint density at radius 3 is 2.07 bits per heavy atom. The van der Waals surface area contributed by atoms with Gasteiger partial charge in [-0.3, -0.25) is 24.0 Å². The fourth-order valence-electron chi connectivity index (χ4n) is 7.20. The molecule has 2 saturated heterocycles. The van der Waals surface area contributed by atoms with Crippen molar-refractivity contribution in [1.29, 1.82) is 0 Å². The van der Waals surface area contributed by atoms with Gasteiger partial charge in [-0.05, 0) is 39.0 Å². The maximum absolute atomic E-state index is 12.5. The molecule has 2 aliphatic heterocycles. The van der Waals surface area contributed by atoms with Gasteiger partial charge in [-0.15, -0.1) is 0 Å². The number of nitrogens with one attached hydrogen (secondary N) is 1. The first-order chi connectivity index (χ1) is 28.5. The van der Waals surface area contributed by atoms with E-state index in [9.17, 15) is 69.6 Å². The summed E-state index contributed by atoms with van der Waals surface area (Å²) < 4.78 is 29.8. The standard InChI is InChI=1S/C38H62N2O20/c1-20-31(51)24(46)15-30(57-20)60-37-36(58-25-14-21(18-42)32(52)35(55)33(25)53)34(54)26(19-43)59-38(37)56-13-5-4-7-22(44)6-2-3-8-27(47)39-16-23(45)9-10-28(48)40(11-12-41)17-29(49)50/h12,20-21,24-26,30-38,42-43,46,51-55H,2-11,13-19H2,1H3,(H,39,47)(H,49,50)/t20?,21?,24-,25+,26?,30-,31-,32-,33?,34-,35-,36-,37?,38+/m0/s1. The van der Waals surface area contributed by atoms with Gasteiger partial charge < -0.3 is 84.7 Å². The molecular weight excluding hydrogens is 804 g/mol. The average Bonchev–Trinajstić information content (AvgIpc) is 3.21. The van der Waals surface area contributed by atoms with Gasteiger partial charge in [-0.2, -0.15) is 0 Å². The van der Waals surface area contributed by atoms with Crippen molar-refractivity contribution in [2.75, 3.05) is 39.5 Å². The van der Waals surface area contributed by atoms with Gasteiger partial charge in [0.1, 0.15) is 61.3 Å². The SMILES string of the molecule is CC1O[C@@H](OC2[C@H](OCCCCC(=O)CCCCC(=O)NCC(=O)CCC(=O)N(CC=O)CC(=O)O)OC(CO)[C@H](O)[C@@H]2O[C@@H]2CC(CO)[C@H](O)[C@H](O)C2O)C[C@H](O)[C@H]1O. The van der Waals surface area contributed by atoms with Crippen molar-refractivity contribution in [1.82, 2.24) is 10.2 Å². The monoisotopic (exact) mass is 866 g/mol. The lowest BCUT2D eigenvalue weighted by molar-refractivity contribution is -0.360. The maximum atomic E-state index is 12.5. The van der Waals surface area contributed by atoms with Crippen molar-refractivity contribution >= 4 is 35.6 Å². The molecule has 0 aromatic heterocycles. The highest BCUT2D eigenvalue weighted by Gasteiger charge is 2.52. The molecule has 3 fully saturated rings. The number of aliphatic hydroxyl groups is 8. The third-order valence-electron chi connectivity index (χ3n) is 10.8. The second-order valence-corrected chi connectivity index (χ2v) is 15.4. The van der Waals surface area contributed by atoms with Crippen LogP contribution in [0.25, 0.3) is 0 Å². The number of amides is 2. The fourth-order valence-corrected chi connectivity index (χ4v) is 7.20. The molecule has 14 atom stereocenters. The highest BCUT2D eigenvalue weighted by molar-refractivity contribution is 5.90. The number of hydrogen-bond acceptors (Lipinski definition) is 19. The highest BCUT2D eigenvalue weighted by atomic mass is 16.8. The van der Waals surface area contributed by atoms with Gasteiger partial charge in [-0.1, -0.05) is 0 Å². The van der Waals surface area contributed by atoms with E-state index in [0.29, 0.717) is 32.0 Å². The lowest BCUT2D eigenvalue weighted by Crippen LogP contribution is -2.65. The smallest absolute Gasteiger partial charge is 0.323 e. The number of carbonyl (C=O) groups is 6. The molecule has 0 aromatic carbocycles. The van der Waals surface area contributed by atoms with Crippen LogP contribution in [0.2, 0.25) is 0 Å². The van der Waals surface area contributed by atoms with Crippen molar-refractivity contribution in [2.24, 2.45) is 5.92 Å². The largest absolute Gasteiger partial charge is 0.480 e. The molecule has 0 bridgehead atoms. The fraction of sp³-hybridized carbons (Fsp3) is 0.842. The molecule has 0 aromatic rings. The van der Waals surface area contributed by atoms with E-state index in [2.05, 4.69) is 5.32 Å². The predicted molar refractivity (Wildman–Crippen MR) is 200 cm³/mol. The summed E-state index contributed by atoms with van der Waals surface area (Å²) in [5.74, 6) is -3.82. The number of carbonyl (C=O) groups excluding carboxylic acids is 5. The first-order valence-electron chi connectivity index (χ1n) is 20.3. The van der Waals surface area contributed by atoms with Crippen LogP contribution in [0, 0.1) is 5.92 Å². The summed E-state index contributed by atoms with van der Waals surface area (Å²) in [4.78, 5) is 71.3. The molecule has 1 saturated carbocycles. The van der Waals surface area contributed by atoms with Crippen LogP contribution < -0.4 is 5.32 Å². The Labute approximate surface area is 346 Å². The van der Waals surface area contributed by atoms with Crippen LogP contribution >= 0.6 is 0 Å². The van der Waals surface area contributed by atoms with E-state index in [0.717, 1.165) is 4.90 Å². The Morgan fingerprint density at radius 1 is 0.750 bits per heavy atom. The lowest BCUT2D eigenvalue weighted by atomic mass is 9.81. The molecule has 0 radical (unpaired) electrons. The van der Waals surface area contributed by atoms with E-state index in [1.165, 1.54) is 6.92 Å². The van der Waals surface area contributed by atoms with Gasteiger partial charge in [0.15, 0.2) is 18.4 Å². The molecule has 2 heterocycles. The quantitative estimate of drug-likeness (QED) is 0.0293. The summed E-state index contributed by atoms with van der Waals surface area (Å²) in [6, 6.07) is 0. The number of nitrogens with zero attached hydrogens (tertiary/aromatic N) is 1. The maximum Gasteiger partial charge on any atom is 0.323 e. The van der Waals surface area contributed by atoms with Gasteiger partial charge in [-0.25, -0.2) is 0 Å². The Hall–Kier alpha value is -3.10. The molecular formula is C38H62N2O20. The number of rotatable bonds is 26. The number of hydrogen-bond donors (Lipinski definition) is 10. The van der Waals surface area contributed by atoms with E-state index in [4.69, 9.17) is 28.8 Å². The number of aldehydes is 1. The number of ether oxygens (including phenoxy) is 5. The predicted octanol–water partition coefficient (Wildman–Crippen LogP) is -3.95. The highest BCUT2D eigenvalue weighted by Crippen LogP contribution is 2.35. The van der Waals surface area contributed by atoms with Crippen molar-refractivity contribution in [2.45, 2.75) is 157 Å². The van der Waals surface area contributed by atoms with Gasteiger partial charge in [0.05, 0.1) is 44.1 Å². The molecule has 1 aliphatic carbocycles. The summed E-state index contributed by atoms with van der Waals surface area (Å²) in [6.45, 7) is -1.15. The van der Waals surface area contributed by atoms with Crippen molar-refractivity contribution < 1.29 is 98.4 Å². The number of carboxylic acid groups (broad SMARTS) is 1. The zero-order valence-electron chi connectivity index (χ0n) is 33.6. The Bertz CT molecular complexity index is 1380.